The van der Waals surface area contributed by atoms with Crippen LogP contribution in [0, 0.1) is 24.0 Å². The minimum atomic E-state index is -0.545. The maximum atomic E-state index is 12.4. The van der Waals surface area contributed by atoms with Gasteiger partial charge in [-0.3, -0.25) is 14.9 Å². The molecule has 0 fully saturated rings. The zero-order valence-corrected chi connectivity index (χ0v) is 17.9. The van der Waals surface area contributed by atoms with Gasteiger partial charge in [-0.25, -0.2) is 0 Å². The lowest BCUT2D eigenvalue weighted by molar-refractivity contribution is -0.384. The largest absolute Gasteiger partial charge is 0.484 e. The van der Waals surface area contributed by atoms with Crippen molar-refractivity contribution < 1.29 is 18.9 Å². The molecule has 10 heteroatoms. The molecule has 0 spiro atoms. The van der Waals surface area contributed by atoms with Crippen LogP contribution in [0.5, 0.6) is 5.75 Å². The number of nitrogens with zero attached hydrogens (tertiary/aromatic N) is 3. The SMILES string of the molecule is Cc1cc(C)cc(OCc2nnc(SCC(=O)c3cc([N+](=O)[O-])ccc3Br)o2)c1. The van der Waals surface area contributed by atoms with Crippen LogP contribution >= 0.6 is 27.7 Å². The summed E-state index contributed by atoms with van der Waals surface area (Å²) in [5.74, 6) is 0.701. The lowest BCUT2D eigenvalue weighted by Gasteiger charge is -2.05. The summed E-state index contributed by atoms with van der Waals surface area (Å²) < 4.78 is 11.6. The van der Waals surface area contributed by atoms with Gasteiger partial charge in [0.2, 0.25) is 0 Å². The smallest absolute Gasteiger partial charge is 0.277 e. The molecular weight excluding hydrogens is 462 g/mol. The Morgan fingerprint density at radius 2 is 1.93 bits per heavy atom. The first-order chi connectivity index (χ1) is 13.8. The summed E-state index contributed by atoms with van der Waals surface area (Å²) in [5.41, 5.74) is 2.26. The second-order valence-corrected chi connectivity index (χ2v) is 7.99. The molecule has 3 rings (SSSR count). The fourth-order valence-corrected chi connectivity index (χ4v) is 3.69. The van der Waals surface area contributed by atoms with E-state index < -0.39 is 4.92 Å². The van der Waals surface area contributed by atoms with Gasteiger partial charge in [-0.2, -0.15) is 0 Å². The van der Waals surface area contributed by atoms with Gasteiger partial charge in [0.25, 0.3) is 16.8 Å². The zero-order chi connectivity index (χ0) is 21.0. The second-order valence-electron chi connectivity index (χ2n) is 6.21. The average Bonchev–Trinajstić information content (AvgIpc) is 3.12. The van der Waals surface area contributed by atoms with Gasteiger partial charge in [0, 0.05) is 22.2 Å². The van der Waals surface area contributed by atoms with Gasteiger partial charge < -0.3 is 9.15 Å². The molecule has 150 valence electrons. The number of halogens is 1. The molecule has 2 aromatic carbocycles. The highest BCUT2D eigenvalue weighted by atomic mass is 79.9. The van der Waals surface area contributed by atoms with Gasteiger partial charge in [-0.05, 0) is 43.2 Å². The quantitative estimate of drug-likeness (QED) is 0.195. The number of non-ortho nitro benzene ring substituents is 1. The highest BCUT2D eigenvalue weighted by Gasteiger charge is 2.17. The third-order valence-electron chi connectivity index (χ3n) is 3.79. The third kappa shape index (κ3) is 5.64. The minimum Gasteiger partial charge on any atom is -0.484 e. The molecule has 0 aliphatic carbocycles. The number of thioether (sulfide) groups is 1. The molecule has 0 aliphatic heterocycles. The van der Waals surface area contributed by atoms with Crippen LogP contribution in [0.3, 0.4) is 0 Å². The number of nitro groups is 1. The van der Waals surface area contributed by atoms with Crippen molar-refractivity contribution in [2.24, 2.45) is 0 Å². The maximum Gasteiger partial charge on any atom is 0.277 e. The summed E-state index contributed by atoms with van der Waals surface area (Å²) in [4.78, 5) is 22.8. The van der Waals surface area contributed by atoms with Gasteiger partial charge >= 0.3 is 0 Å². The molecule has 0 N–H and O–H groups in total. The number of nitro benzene ring substituents is 1. The van der Waals surface area contributed by atoms with E-state index in [-0.39, 0.29) is 40.5 Å². The molecule has 0 atom stereocenters. The molecule has 0 aliphatic rings. The number of rotatable bonds is 8. The van der Waals surface area contributed by atoms with E-state index in [1.165, 1.54) is 18.2 Å². The Morgan fingerprint density at radius 1 is 1.21 bits per heavy atom. The highest BCUT2D eigenvalue weighted by molar-refractivity contribution is 9.10. The van der Waals surface area contributed by atoms with E-state index in [1.807, 2.05) is 32.0 Å². The molecule has 0 saturated heterocycles. The van der Waals surface area contributed by atoms with E-state index >= 15 is 0 Å². The average molecular weight is 478 g/mol. The molecule has 0 bridgehead atoms. The van der Waals surface area contributed by atoms with Crippen LogP contribution < -0.4 is 4.74 Å². The van der Waals surface area contributed by atoms with E-state index in [0.29, 0.717) is 10.2 Å². The fourth-order valence-electron chi connectivity index (χ4n) is 2.56. The molecule has 1 heterocycles. The number of ether oxygens (including phenoxy) is 1. The Balaban J connectivity index is 1.58. The summed E-state index contributed by atoms with van der Waals surface area (Å²) in [5, 5.41) is 18.9. The van der Waals surface area contributed by atoms with Gasteiger partial charge in [-0.15, -0.1) is 10.2 Å². The topological polar surface area (TPSA) is 108 Å². The van der Waals surface area contributed by atoms with Crippen molar-refractivity contribution in [1.82, 2.24) is 10.2 Å². The Morgan fingerprint density at radius 3 is 2.62 bits per heavy atom. The number of hydrogen-bond acceptors (Lipinski definition) is 8. The molecule has 0 unspecified atom stereocenters. The summed E-state index contributed by atoms with van der Waals surface area (Å²) >= 11 is 4.30. The van der Waals surface area contributed by atoms with E-state index in [4.69, 9.17) is 9.15 Å². The van der Waals surface area contributed by atoms with E-state index in [9.17, 15) is 14.9 Å². The van der Waals surface area contributed by atoms with Crippen molar-refractivity contribution >= 4 is 39.2 Å². The lowest BCUT2D eigenvalue weighted by Crippen LogP contribution is -2.04. The molecule has 1 aromatic heterocycles. The van der Waals surface area contributed by atoms with E-state index in [0.717, 1.165) is 22.9 Å². The summed E-state index contributed by atoms with van der Waals surface area (Å²) in [6.07, 6.45) is 0. The molecule has 0 amide bonds. The molecule has 0 saturated carbocycles. The van der Waals surface area contributed by atoms with Gasteiger partial charge in [-0.1, -0.05) is 33.8 Å². The molecule has 0 radical (unpaired) electrons. The predicted molar refractivity (Wildman–Crippen MR) is 110 cm³/mol. The van der Waals surface area contributed by atoms with Crippen LogP contribution in [0.2, 0.25) is 0 Å². The Bertz CT molecular complexity index is 1050. The predicted octanol–water partition coefficient (Wildman–Crippen LogP) is 4.91. The van der Waals surface area contributed by atoms with Crippen molar-refractivity contribution in [2.45, 2.75) is 25.7 Å². The number of hydrogen-bond donors (Lipinski definition) is 0. The van der Waals surface area contributed by atoms with Crippen LogP contribution in [-0.2, 0) is 6.61 Å². The fraction of sp³-hybridized carbons (Fsp3) is 0.211. The first kappa shape index (κ1) is 21.0. The number of ketones is 1. The second kappa shape index (κ2) is 9.19. The lowest BCUT2D eigenvalue weighted by atomic mass is 10.1. The van der Waals surface area contributed by atoms with Crippen molar-refractivity contribution in [2.75, 3.05) is 5.75 Å². The first-order valence-corrected chi connectivity index (χ1v) is 10.2. The van der Waals surface area contributed by atoms with Crippen LogP contribution in [0.4, 0.5) is 5.69 Å². The van der Waals surface area contributed by atoms with Gasteiger partial charge in [0.1, 0.15) is 5.75 Å². The molecule has 29 heavy (non-hydrogen) atoms. The summed E-state index contributed by atoms with van der Waals surface area (Å²) in [6, 6.07) is 9.91. The highest BCUT2D eigenvalue weighted by Crippen LogP contribution is 2.26. The third-order valence-corrected chi connectivity index (χ3v) is 5.30. The first-order valence-electron chi connectivity index (χ1n) is 8.45. The van der Waals surface area contributed by atoms with Crippen molar-refractivity contribution in [3.63, 3.8) is 0 Å². The summed E-state index contributed by atoms with van der Waals surface area (Å²) in [7, 11) is 0. The maximum absolute atomic E-state index is 12.4. The Labute approximate surface area is 178 Å². The number of aromatic nitrogens is 2. The van der Waals surface area contributed by atoms with Crippen molar-refractivity contribution in [3.8, 4) is 5.75 Å². The molecular formula is C19H16BrN3O5S. The number of aryl methyl sites for hydroxylation is 2. The van der Waals surface area contributed by atoms with E-state index in [2.05, 4.69) is 26.1 Å². The van der Waals surface area contributed by atoms with Gasteiger partial charge in [0.15, 0.2) is 12.4 Å². The minimum absolute atomic E-state index is 0.000662. The molecule has 8 nitrogen and oxygen atoms in total. The number of carbonyl (C=O) groups excluding carboxylic acids is 1. The van der Waals surface area contributed by atoms with Crippen molar-refractivity contribution in [3.05, 3.63) is 73.6 Å². The van der Waals surface area contributed by atoms with Crippen LogP contribution in [0.25, 0.3) is 0 Å². The summed E-state index contributed by atoms with van der Waals surface area (Å²) in [6.45, 7) is 4.08. The zero-order valence-electron chi connectivity index (χ0n) is 15.5. The van der Waals surface area contributed by atoms with Crippen LogP contribution in [-0.4, -0.2) is 26.7 Å². The molecule has 3 aromatic rings. The van der Waals surface area contributed by atoms with Crippen molar-refractivity contribution in [1.29, 1.82) is 0 Å². The Hall–Kier alpha value is -2.72. The number of carbonyl (C=O) groups is 1. The Kier molecular flexibility index (Phi) is 6.65. The van der Waals surface area contributed by atoms with Gasteiger partial charge in [0.05, 0.1) is 10.7 Å². The normalized spacial score (nSPS) is 10.7. The monoisotopic (exact) mass is 477 g/mol. The number of benzene rings is 2. The van der Waals surface area contributed by atoms with E-state index in [1.54, 1.807) is 0 Å². The van der Waals surface area contributed by atoms with Crippen LogP contribution in [0.1, 0.15) is 27.4 Å². The standard InChI is InChI=1S/C19H16BrN3O5S/c1-11-5-12(2)7-14(6-11)27-9-18-21-22-19(28-18)29-10-17(24)15-8-13(23(25)26)3-4-16(15)20/h3-8H,9-10H2,1-2H3. The van der Waals surface area contributed by atoms with Crippen LogP contribution in [0.15, 0.2) is 50.5 Å². The number of Topliss-reactive ketones (excluding diaryl/α,β-unsaturated/α-hetero) is 1.